The van der Waals surface area contributed by atoms with E-state index < -0.39 is 36.5 Å². The van der Waals surface area contributed by atoms with Crippen molar-refractivity contribution in [3.8, 4) is 0 Å². The number of aliphatic hydroxyl groups excluding tert-OH is 3. The second-order valence-electron chi connectivity index (χ2n) is 4.83. The highest BCUT2D eigenvalue weighted by Gasteiger charge is 2.45. The fraction of sp³-hybridized carbons (Fsp3) is 0.500. The minimum Gasteiger partial charge on any atom is -0.459 e. The Kier molecular flexibility index (Phi) is 4.72. The average molecular weight is 282 g/mol. The molecule has 1 aromatic rings. The molecular formula is C14H18O6. The van der Waals surface area contributed by atoms with Gasteiger partial charge in [0, 0.05) is 0 Å². The van der Waals surface area contributed by atoms with Crippen LogP contribution in [0.1, 0.15) is 12.5 Å². The molecule has 1 fully saturated rings. The largest absolute Gasteiger partial charge is 0.459 e. The summed E-state index contributed by atoms with van der Waals surface area (Å²) in [5.41, 5.74) is 0.805. The van der Waals surface area contributed by atoms with Gasteiger partial charge in [-0.25, -0.2) is 4.79 Å². The van der Waals surface area contributed by atoms with Crippen molar-refractivity contribution in [1.29, 1.82) is 0 Å². The van der Waals surface area contributed by atoms with Crippen LogP contribution in [-0.4, -0.2) is 51.8 Å². The third kappa shape index (κ3) is 3.16. The number of esters is 1. The van der Waals surface area contributed by atoms with E-state index in [0.29, 0.717) is 0 Å². The highest BCUT2D eigenvalue weighted by Crippen LogP contribution is 2.22. The van der Waals surface area contributed by atoms with Gasteiger partial charge in [0.15, 0.2) is 6.10 Å². The molecule has 0 spiro atoms. The molecule has 6 nitrogen and oxygen atoms in total. The molecular weight excluding hydrogens is 264 g/mol. The third-order valence-corrected chi connectivity index (χ3v) is 3.31. The Morgan fingerprint density at radius 3 is 2.45 bits per heavy atom. The maximum absolute atomic E-state index is 11.9. The molecule has 0 radical (unpaired) electrons. The van der Waals surface area contributed by atoms with Gasteiger partial charge in [-0.15, -0.1) is 0 Å². The van der Waals surface area contributed by atoms with Gasteiger partial charge in [0.25, 0.3) is 0 Å². The van der Waals surface area contributed by atoms with Crippen LogP contribution in [0.25, 0.3) is 0 Å². The van der Waals surface area contributed by atoms with Crippen LogP contribution in [0.5, 0.6) is 0 Å². The highest BCUT2D eigenvalue weighted by molar-refractivity contribution is 5.75. The first-order chi connectivity index (χ1) is 9.50. The van der Waals surface area contributed by atoms with Gasteiger partial charge < -0.3 is 24.8 Å². The lowest BCUT2D eigenvalue weighted by Crippen LogP contribution is -2.59. The van der Waals surface area contributed by atoms with Crippen LogP contribution in [-0.2, 0) is 20.9 Å². The number of carbonyl (C=O) groups is 1. The number of hydrogen-bond donors (Lipinski definition) is 3. The SMILES string of the molecule is CC1OC(C(=O)OCc2ccccc2)C(O)C(O)[C@@H]1O. The molecule has 0 bridgehead atoms. The summed E-state index contributed by atoms with van der Waals surface area (Å²) in [4.78, 5) is 11.9. The first kappa shape index (κ1) is 14.9. The summed E-state index contributed by atoms with van der Waals surface area (Å²) in [6.45, 7) is 1.57. The van der Waals surface area contributed by atoms with E-state index in [1.54, 1.807) is 12.1 Å². The van der Waals surface area contributed by atoms with Gasteiger partial charge in [-0.3, -0.25) is 0 Å². The number of rotatable bonds is 3. The van der Waals surface area contributed by atoms with Crippen LogP contribution in [0.15, 0.2) is 30.3 Å². The quantitative estimate of drug-likeness (QED) is 0.653. The summed E-state index contributed by atoms with van der Waals surface area (Å²) in [5.74, 6) is -0.765. The predicted octanol–water partition coefficient (Wildman–Crippen LogP) is -0.400. The first-order valence-corrected chi connectivity index (χ1v) is 6.41. The predicted molar refractivity (Wildman–Crippen MR) is 68.6 cm³/mol. The van der Waals surface area contributed by atoms with Gasteiger partial charge in [0.2, 0.25) is 0 Å². The maximum Gasteiger partial charge on any atom is 0.338 e. The summed E-state index contributed by atoms with van der Waals surface area (Å²) >= 11 is 0. The molecule has 4 unspecified atom stereocenters. The lowest BCUT2D eigenvalue weighted by atomic mass is 9.96. The molecule has 1 heterocycles. The zero-order chi connectivity index (χ0) is 14.7. The molecule has 1 aliphatic rings. The lowest BCUT2D eigenvalue weighted by Gasteiger charge is -2.37. The Morgan fingerprint density at radius 1 is 1.15 bits per heavy atom. The van der Waals surface area contributed by atoms with Crippen LogP contribution in [0.4, 0.5) is 0 Å². The van der Waals surface area contributed by atoms with Crippen LogP contribution in [0.3, 0.4) is 0 Å². The summed E-state index contributed by atoms with van der Waals surface area (Å²) in [5, 5.41) is 28.9. The van der Waals surface area contributed by atoms with Crippen LogP contribution >= 0.6 is 0 Å². The van der Waals surface area contributed by atoms with Gasteiger partial charge in [-0.1, -0.05) is 30.3 Å². The highest BCUT2D eigenvalue weighted by atomic mass is 16.6. The number of benzene rings is 1. The summed E-state index contributed by atoms with van der Waals surface area (Å²) < 4.78 is 10.3. The second kappa shape index (κ2) is 6.32. The molecule has 0 amide bonds. The third-order valence-electron chi connectivity index (χ3n) is 3.31. The molecule has 110 valence electrons. The Hall–Kier alpha value is -1.47. The second-order valence-corrected chi connectivity index (χ2v) is 4.83. The van der Waals surface area contributed by atoms with Crippen molar-refractivity contribution in [1.82, 2.24) is 0 Å². The molecule has 0 saturated carbocycles. The molecule has 0 aromatic heterocycles. The summed E-state index contributed by atoms with van der Waals surface area (Å²) in [7, 11) is 0. The van der Waals surface area contributed by atoms with Gasteiger partial charge >= 0.3 is 5.97 Å². The number of hydrogen-bond acceptors (Lipinski definition) is 6. The zero-order valence-electron chi connectivity index (χ0n) is 11.0. The van der Waals surface area contributed by atoms with E-state index in [-0.39, 0.29) is 6.61 Å². The smallest absolute Gasteiger partial charge is 0.338 e. The minimum absolute atomic E-state index is 0.0548. The molecule has 5 atom stereocenters. The van der Waals surface area contributed by atoms with E-state index in [9.17, 15) is 20.1 Å². The molecule has 1 aromatic carbocycles. The van der Waals surface area contributed by atoms with Crippen LogP contribution in [0, 0.1) is 0 Å². The number of carbonyl (C=O) groups excluding carboxylic acids is 1. The van der Waals surface area contributed by atoms with Crippen LogP contribution < -0.4 is 0 Å². The van der Waals surface area contributed by atoms with Gasteiger partial charge in [0.1, 0.15) is 24.9 Å². The molecule has 1 aliphatic heterocycles. The van der Waals surface area contributed by atoms with Crippen molar-refractivity contribution in [2.45, 2.75) is 44.1 Å². The standard InChI is InChI=1S/C14H18O6/c1-8-10(15)11(16)12(17)13(20-8)14(18)19-7-9-5-3-2-4-6-9/h2-6,8,10-13,15-17H,7H2,1H3/t8?,10-,11?,12?,13?/m1/s1. The fourth-order valence-corrected chi connectivity index (χ4v) is 2.06. The van der Waals surface area contributed by atoms with E-state index >= 15 is 0 Å². The summed E-state index contributed by atoms with van der Waals surface area (Å²) in [6.07, 6.45) is -6.24. The lowest BCUT2D eigenvalue weighted by molar-refractivity contribution is -0.227. The van der Waals surface area contributed by atoms with Crippen molar-refractivity contribution in [3.05, 3.63) is 35.9 Å². The van der Waals surface area contributed by atoms with Crippen molar-refractivity contribution < 1.29 is 29.6 Å². The number of aliphatic hydroxyl groups is 3. The van der Waals surface area contributed by atoms with Gasteiger partial charge in [0.05, 0.1) is 6.10 Å². The van der Waals surface area contributed by atoms with E-state index in [4.69, 9.17) is 9.47 Å². The van der Waals surface area contributed by atoms with Crippen molar-refractivity contribution in [2.75, 3.05) is 0 Å². The van der Waals surface area contributed by atoms with Crippen LogP contribution in [0.2, 0.25) is 0 Å². The Morgan fingerprint density at radius 2 is 1.80 bits per heavy atom. The van der Waals surface area contributed by atoms with Gasteiger partial charge in [-0.05, 0) is 12.5 Å². The van der Waals surface area contributed by atoms with Crippen molar-refractivity contribution in [2.24, 2.45) is 0 Å². The van der Waals surface area contributed by atoms with E-state index in [2.05, 4.69) is 0 Å². The topological polar surface area (TPSA) is 96.2 Å². The Balaban J connectivity index is 1.95. The average Bonchev–Trinajstić information content (AvgIpc) is 2.47. The molecule has 1 saturated heterocycles. The number of ether oxygens (including phenoxy) is 2. The van der Waals surface area contributed by atoms with E-state index in [1.165, 1.54) is 6.92 Å². The van der Waals surface area contributed by atoms with Gasteiger partial charge in [-0.2, -0.15) is 0 Å². The maximum atomic E-state index is 11.9. The van der Waals surface area contributed by atoms with Crippen molar-refractivity contribution >= 4 is 5.97 Å². The Bertz CT molecular complexity index is 448. The molecule has 6 heteroatoms. The molecule has 0 aliphatic carbocycles. The normalized spacial score (nSPS) is 33.7. The summed E-state index contributed by atoms with van der Waals surface area (Å²) in [6, 6.07) is 9.08. The van der Waals surface area contributed by atoms with E-state index in [1.807, 2.05) is 18.2 Å². The fourth-order valence-electron chi connectivity index (χ4n) is 2.06. The first-order valence-electron chi connectivity index (χ1n) is 6.41. The monoisotopic (exact) mass is 282 g/mol. The van der Waals surface area contributed by atoms with E-state index in [0.717, 1.165) is 5.56 Å². The molecule has 3 N–H and O–H groups in total. The zero-order valence-corrected chi connectivity index (χ0v) is 11.0. The Labute approximate surface area is 116 Å². The molecule has 2 rings (SSSR count). The van der Waals surface area contributed by atoms with Crippen molar-refractivity contribution in [3.63, 3.8) is 0 Å². The minimum atomic E-state index is -1.51. The molecule has 20 heavy (non-hydrogen) atoms.